The van der Waals surface area contributed by atoms with E-state index in [1.807, 2.05) is 11.9 Å². The summed E-state index contributed by atoms with van der Waals surface area (Å²) < 4.78 is 0. The summed E-state index contributed by atoms with van der Waals surface area (Å²) in [5, 5.41) is 0. The third-order valence-electron chi connectivity index (χ3n) is 5.14. The van der Waals surface area contributed by atoms with Gasteiger partial charge >= 0.3 is 0 Å². The molecular weight excluding hydrogens is 260 g/mol. The van der Waals surface area contributed by atoms with Crippen LogP contribution in [0.4, 0.5) is 0 Å². The Labute approximate surface area is 127 Å². The number of likely N-dealkylation sites (tertiary alicyclic amines) is 1. The SMILES string of the molecule is CCc1ccc(CN(C)C(=O)CN2C[C@@H]3CC[C@H]2C3)cc1. The Morgan fingerprint density at radius 2 is 1.95 bits per heavy atom. The minimum absolute atomic E-state index is 0.252. The van der Waals surface area contributed by atoms with Crippen molar-refractivity contribution < 1.29 is 4.79 Å². The third-order valence-corrected chi connectivity index (χ3v) is 5.14. The molecule has 1 aliphatic carbocycles. The first kappa shape index (κ1) is 14.6. The largest absolute Gasteiger partial charge is 0.340 e. The van der Waals surface area contributed by atoms with Crippen LogP contribution in [0.15, 0.2) is 24.3 Å². The molecule has 0 aromatic heterocycles. The highest BCUT2D eigenvalue weighted by molar-refractivity contribution is 5.78. The van der Waals surface area contributed by atoms with Crippen LogP contribution in [0.5, 0.6) is 0 Å². The van der Waals surface area contributed by atoms with E-state index in [-0.39, 0.29) is 5.91 Å². The lowest BCUT2D eigenvalue weighted by Gasteiger charge is -2.28. The number of benzene rings is 1. The Kier molecular flexibility index (Phi) is 4.29. The van der Waals surface area contributed by atoms with Crippen molar-refractivity contribution in [3.05, 3.63) is 35.4 Å². The van der Waals surface area contributed by atoms with E-state index >= 15 is 0 Å². The Bertz CT molecular complexity index is 496. The first-order valence-electron chi connectivity index (χ1n) is 8.21. The minimum atomic E-state index is 0.252. The quantitative estimate of drug-likeness (QED) is 0.831. The van der Waals surface area contributed by atoms with Crippen molar-refractivity contribution in [3.8, 4) is 0 Å². The number of carbonyl (C=O) groups excluding carboxylic acids is 1. The molecule has 2 atom stereocenters. The van der Waals surface area contributed by atoms with Gasteiger partial charge in [-0.2, -0.15) is 0 Å². The summed E-state index contributed by atoms with van der Waals surface area (Å²) in [4.78, 5) is 16.7. The highest BCUT2D eigenvalue weighted by atomic mass is 16.2. The second kappa shape index (κ2) is 6.18. The van der Waals surface area contributed by atoms with Crippen LogP contribution in [0.25, 0.3) is 0 Å². The lowest BCUT2D eigenvalue weighted by molar-refractivity contribution is -0.132. The molecule has 0 unspecified atom stereocenters. The first-order valence-corrected chi connectivity index (χ1v) is 8.21. The van der Waals surface area contributed by atoms with Gasteiger partial charge in [0.05, 0.1) is 6.54 Å². The standard InChI is InChI=1S/C18H26N2O/c1-3-14-4-6-15(7-5-14)11-19(2)18(21)13-20-12-16-8-9-17(20)10-16/h4-7,16-17H,3,8-13H2,1-2H3/t16-,17+/m1/s1. The normalized spacial score (nSPS) is 24.5. The van der Waals surface area contributed by atoms with Crippen LogP contribution in [-0.4, -0.2) is 41.9 Å². The summed E-state index contributed by atoms with van der Waals surface area (Å²) in [6.07, 6.45) is 5.04. The number of fused-ring (bicyclic) bond motifs is 2. The van der Waals surface area contributed by atoms with Gasteiger partial charge < -0.3 is 4.90 Å². The second-order valence-electron chi connectivity index (χ2n) is 6.68. The molecule has 3 heteroatoms. The number of aryl methyl sites for hydroxylation is 1. The van der Waals surface area contributed by atoms with Crippen molar-refractivity contribution >= 4 is 5.91 Å². The topological polar surface area (TPSA) is 23.6 Å². The van der Waals surface area contributed by atoms with Gasteiger partial charge in [-0.1, -0.05) is 31.2 Å². The van der Waals surface area contributed by atoms with E-state index in [2.05, 4.69) is 36.1 Å². The highest BCUT2D eigenvalue weighted by Crippen LogP contribution is 2.37. The second-order valence-corrected chi connectivity index (χ2v) is 6.68. The molecular formula is C18H26N2O. The summed E-state index contributed by atoms with van der Waals surface area (Å²) in [6, 6.07) is 9.28. The van der Waals surface area contributed by atoms with E-state index in [4.69, 9.17) is 0 Å². The lowest BCUT2D eigenvalue weighted by atomic mass is 10.1. The Hall–Kier alpha value is -1.35. The minimum Gasteiger partial charge on any atom is -0.340 e. The number of amides is 1. The van der Waals surface area contributed by atoms with E-state index in [1.165, 1.54) is 30.4 Å². The van der Waals surface area contributed by atoms with E-state index in [0.717, 1.165) is 18.9 Å². The Balaban J connectivity index is 1.52. The maximum atomic E-state index is 12.4. The van der Waals surface area contributed by atoms with E-state index in [0.29, 0.717) is 19.1 Å². The zero-order valence-electron chi connectivity index (χ0n) is 13.2. The molecule has 0 N–H and O–H groups in total. The summed E-state index contributed by atoms with van der Waals surface area (Å²) in [7, 11) is 1.92. The molecule has 3 rings (SSSR count). The number of piperidine rings is 1. The fourth-order valence-corrected chi connectivity index (χ4v) is 3.76. The molecule has 1 aromatic rings. The average molecular weight is 286 g/mol. The molecule has 114 valence electrons. The number of hydrogen-bond acceptors (Lipinski definition) is 2. The zero-order valence-corrected chi connectivity index (χ0v) is 13.2. The van der Waals surface area contributed by atoms with Crippen molar-refractivity contribution in [2.75, 3.05) is 20.1 Å². The van der Waals surface area contributed by atoms with Gasteiger partial charge in [-0.25, -0.2) is 0 Å². The molecule has 1 aromatic carbocycles. The molecule has 0 spiro atoms. The van der Waals surface area contributed by atoms with Gasteiger partial charge in [0.25, 0.3) is 0 Å². The molecule has 0 radical (unpaired) electrons. The van der Waals surface area contributed by atoms with Gasteiger partial charge in [-0.05, 0) is 42.7 Å². The van der Waals surface area contributed by atoms with Gasteiger partial charge in [0, 0.05) is 26.2 Å². The Morgan fingerprint density at radius 3 is 2.52 bits per heavy atom. The molecule has 1 saturated carbocycles. The smallest absolute Gasteiger partial charge is 0.236 e. The number of carbonyl (C=O) groups is 1. The molecule has 2 aliphatic rings. The van der Waals surface area contributed by atoms with Crippen molar-refractivity contribution in [3.63, 3.8) is 0 Å². The van der Waals surface area contributed by atoms with Gasteiger partial charge in [0.15, 0.2) is 0 Å². The van der Waals surface area contributed by atoms with Crippen molar-refractivity contribution in [1.29, 1.82) is 0 Å². The van der Waals surface area contributed by atoms with Crippen LogP contribution in [-0.2, 0) is 17.8 Å². The molecule has 1 saturated heterocycles. The summed E-state index contributed by atoms with van der Waals surface area (Å²) in [5.74, 6) is 1.11. The number of nitrogens with zero attached hydrogens (tertiary/aromatic N) is 2. The molecule has 2 bridgehead atoms. The summed E-state index contributed by atoms with van der Waals surface area (Å²) in [5.41, 5.74) is 2.56. The van der Waals surface area contributed by atoms with Crippen LogP contribution < -0.4 is 0 Å². The zero-order chi connectivity index (χ0) is 14.8. The van der Waals surface area contributed by atoms with Crippen molar-refractivity contribution in [1.82, 2.24) is 9.80 Å². The van der Waals surface area contributed by atoms with Gasteiger partial charge in [-0.15, -0.1) is 0 Å². The molecule has 2 fully saturated rings. The van der Waals surface area contributed by atoms with Crippen molar-refractivity contribution in [2.24, 2.45) is 5.92 Å². The fraction of sp³-hybridized carbons (Fsp3) is 0.611. The third kappa shape index (κ3) is 3.29. The number of hydrogen-bond donors (Lipinski definition) is 0. The lowest BCUT2D eigenvalue weighted by Crippen LogP contribution is -2.41. The summed E-state index contributed by atoms with van der Waals surface area (Å²) >= 11 is 0. The van der Waals surface area contributed by atoms with E-state index in [1.54, 1.807) is 0 Å². The van der Waals surface area contributed by atoms with Crippen LogP contribution in [0, 0.1) is 5.92 Å². The number of likely N-dealkylation sites (N-methyl/N-ethyl adjacent to an activating group) is 1. The Morgan fingerprint density at radius 1 is 1.24 bits per heavy atom. The first-order chi connectivity index (χ1) is 10.2. The number of rotatable bonds is 5. The van der Waals surface area contributed by atoms with Crippen LogP contribution in [0.3, 0.4) is 0 Å². The van der Waals surface area contributed by atoms with Crippen LogP contribution in [0.1, 0.15) is 37.3 Å². The van der Waals surface area contributed by atoms with Crippen molar-refractivity contribution in [2.45, 2.75) is 45.2 Å². The van der Waals surface area contributed by atoms with E-state index < -0.39 is 0 Å². The predicted octanol–water partition coefficient (Wildman–Crippen LogP) is 2.69. The maximum Gasteiger partial charge on any atom is 0.236 e. The average Bonchev–Trinajstić information content (AvgIpc) is 3.10. The van der Waals surface area contributed by atoms with Gasteiger partial charge in [0.2, 0.25) is 5.91 Å². The molecule has 1 heterocycles. The van der Waals surface area contributed by atoms with E-state index in [9.17, 15) is 4.79 Å². The van der Waals surface area contributed by atoms with Crippen LogP contribution >= 0.6 is 0 Å². The predicted molar refractivity (Wildman–Crippen MR) is 85.0 cm³/mol. The molecule has 1 amide bonds. The molecule has 3 nitrogen and oxygen atoms in total. The van der Waals surface area contributed by atoms with Gasteiger partial charge in [0.1, 0.15) is 0 Å². The van der Waals surface area contributed by atoms with Gasteiger partial charge in [-0.3, -0.25) is 9.69 Å². The molecule has 1 aliphatic heterocycles. The summed E-state index contributed by atoms with van der Waals surface area (Å²) in [6.45, 7) is 4.61. The monoisotopic (exact) mass is 286 g/mol. The maximum absolute atomic E-state index is 12.4. The fourth-order valence-electron chi connectivity index (χ4n) is 3.76. The molecule has 21 heavy (non-hydrogen) atoms. The highest BCUT2D eigenvalue weighted by Gasteiger charge is 2.38. The van der Waals surface area contributed by atoms with Crippen LogP contribution in [0.2, 0.25) is 0 Å².